The van der Waals surface area contributed by atoms with Crippen LogP contribution in [-0.2, 0) is 21.7 Å². The first-order valence-corrected chi connectivity index (χ1v) is 9.49. The maximum Gasteiger partial charge on any atom is 0.410 e. The van der Waals surface area contributed by atoms with Crippen LogP contribution in [0.1, 0.15) is 58.6 Å². The zero-order valence-electron chi connectivity index (χ0n) is 15.3. The van der Waals surface area contributed by atoms with Gasteiger partial charge >= 0.3 is 6.09 Å². The van der Waals surface area contributed by atoms with Gasteiger partial charge in [-0.15, -0.1) is 0 Å². The predicted octanol–water partition coefficient (Wildman–Crippen LogP) is 5.23. The molecule has 4 nitrogen and oxygen atoms in total. The monoisotopic (exact) mass is 397 g/mol. The van der Waals surface area contributed by atoms with Gasteiger partial charge < -0.3 is 14.4 Å². The van der Waals surface area contributed by atoms with Crippen LogP contribution in [0.15, 0.2) is 22.7 Å². The Morgan fingerprint density at radius 2 is 1.88 bits per heavy atom. The van der Waals surface area contributed by atoms with Crippen molar-refractivity contribution in [1.29, 1.82) is 0 Å². The lowest BCUT2D eigenvalue weighted by molar-refractivity contribution is -0.0797. The van der Waals surface area contributed by atoms with Gasteiger partial charge in [-0.2, -0.15) is 0 Å². The molecule has 3 rings (SSSR count). The molecule has 1 fully saturated rings. The Bertz CT molecular complexity index is 587. The van der Waals surface area contributed by atoms with Crippen molar-refractivity contribution in [3.05, 3.63) is 33.8 Å². The maximum atomic E-state index is 12.2. The third kappa shape index (κ3) is 4.12. The second-order valence-electron chi connectivity index (χ2n) is 7.05. The number of ether oxygens (including phenoxy) is 2. The van der Waals surface area contributed by atoms with E-state index in [4.69, 9.17) is 9.47 Å². The highest BCUT2D eigenvalue weighted by molar-refractivity contribution is 9.10. The summed E-state index contributed by atoms with van der Waals surface area (Å²) >= 11 is 3.54. The topological polar surface area (TPSA) is 38.8 Å². The van der Waals surface area contributed by atoms with Gasteiger partial charge in [0, 0.05) is 17.6 Å². The minimum absolute atomic E-state index is 0.227. The summed E-state index contributed by atoms with van der Waals surface area (Å²) in [5.41, 5.74) is 1.84. The lowest BCUT2D eigenvalue weighted by atomic mass is 9.84. The third-order valence-electron chi connectivity index (χ3n) is 4.29. The number of benzene rings is 1. The van der Waals surface area contributed by atoms with Crippen LogP contribution in [0.5, 0.6) is 0 Å². The van der Waals surface area contributed by atoms with Gasteiger partial charge in [0.05, 0.1) is 12.2 Å². The van der Waals surface area contributed by atoms with Crippen LogP contribution in [0.25, 0.3) is 0 Å². The Morgan fingerprint density at radius 1 is 1.25 bits per heavy atom. The second kappa shape index (κ2) is 7.44. The van der Waals surface area contributed by atoms with E-state index in [1.165, 1.54) is 11.1 Å². The first kappa shape index (κ1) is 19.3. The minimum Gasteiger partial charge on any atom is -0.444 e. The number of rotatable bonds is 0. The summed E-state index contributed by atoms with van der Waals surface area (Å²) in [6.45, 7) is 11.7. The van der Waals surface area contributed by atoms with Gasteiger partial charge in [-0.05, 0) is 56.9 Å². The van der Waals surface area contributed by atoms with Gasteiger partial charge in [-0.3, -0.25) is 0 Å². The highest BCUT2D eigenvalue weighted by Crippen LogP contribution is 2.45. The molecule has 5 heteroatoms. The molecule has 1 aromatic rings. The summed E-state index contributed by atoms with van der Waals surface area (Å²) in [6, 6.07) is 6.33. The van der Waals surface area contributed by atoms with Crippen molar-refractivity contribution >= 4 is 22.0 Å². The number of piperidine rings is 1. The summed E-state index contributed by atoms with van der Waals surface area (Å²) in [7, 11) is 0. The Labute approximate surface area is 153 Å². The smallest absolute Gasteiger partial charge is 0.410 e. The molecule has 1 amide bonds. The van der Waals surface area contributed by atoms with Gasteiger partial charge in [-0.1, -0.05) is 35.8 Å². The quantitative estimate of drug-likeness (QED) is 0.601. The summed E-state index contributed by atoms with van der Waals surface area (Å²) in [5, 5.41) is 0. The molecule has 0 aromatic heterocycles. The average Bonchev–Trinajstić information content (AvgIpc) is 2.86. The normalized spacial score (nSPS) is 18.7. The van der Waals surface area contributed by atoms with Gasteiger partial charge in [0.1, 0.15) is 5.60 Å². The van der Waals surface area contributed by atoms with Gasteiger partial charge in [0.25, 0.3) is 0 Å². The second-order valence-corrected chi connectivity index (χ2v) is 7.97. The summed E-state index contributed by atoms with van der Waals surface area (Å²) in [5.74, 6) is 0. The van der Waals surface area contributed by atoms with Crippen molar-refractivity contribution in [2.24, 2.45) is 0 Å². The molecule has 1 saturated heterocycles. The van der Waals surface area contributed by atoms with Crippen LogP contribution < -0.4 is 0 Å². The largest absolute Gasteiger partial charge is 0.444 e. The summed E-state index contributed by atoms with van der Waals surface area (Å²) < 4.78 is 12.7. The fraction of sp³-hybridized carbons (Fsp3) is 0.632. The Hall–Kier alpha value is -1.07. The number of fused-ring (bicyclic) bond motifs is 2. The summed E-state index contributed by atoms with van der Waals surface area (Å²) in [6.07, 6.45) is 1.40. The van der Waals surface area contributed by atoms with Gasteiger partial charge in [0.15, 0.2) is 0 Å². The number of carbonyl (C=O) groups is 1. The minimum atomic E-state index is -0.451. The van der Waals surface area contributed by atoms with Crippen LogP contribution in [0.4, 0.5) is 4.79 Å². The molecule has 0 bridgehead atoms. The molecule has 24 heavy (non-hydrogen) atoms. The fourth-order valence-corrected chi connectivity index (χ4v) is 3.54. The number of amides is 1. The molecule has 2 aliphatic heterocycles. The standard InChI is InChI=1S/C17H22BrNO3.C2H6/c1-16(2,3)22-15(20)19-8-6-17(7-9-19)14-10-13(18)5-4-12(14)11-21-17;1-2/h4-5,10H,6-9,11H2,1-3H3;1-2H3. The first-order chi connectivity index (χ1) is 11.3. The van der Waals surface area contributed by atoms with Crippen LogP contribution >= 0.6 is 15.9 Å². The zero-order valence-corrected chi connectivity index (χ0v) is 16.9. The Kier molecular flexibility index (Phi) is 5.97. The highest BCUT2D eigenvalue weighted by atomic mass is 79.9. The Morgan fingerprint density at radius 3 is 2.46 bits per heavy atom. The maximum absolute atomic E-state index is 12.2. The zero-order chi connectivity index (χ0) is 18.0. The van der Waals surface area contributed by atoms with E-state index in [0.29, 0.717) is 19.7 Å². The molecule has 0 radical (unpaired) electrons. The molecule has 2 aliphatic rings. The van der Waals surface area contributed by atoms with E-state index < -0.39 is 5.60 Å². The lowest BCUT2D eigenvalue weighted by Crippen LogP contribution is -2.46. The molecule has 1 aromatic carbocycles. The molecule has 0 N–H and O–H groups in total. The number of halogens is 1. The van der Waals surface area contributed by atoms with Gasteiger partial charge in [0.2, 0.25) is 0 Å². The molecule has 0 atom stereocenters. The van der Waals surface area contributed by atoms with E-state index >= 15 is 0 Å². The van der Waals surface area contributed by atoms with E-state index in [1.807, 2.05) is 34.6 Å². The number of hydrogen-bond donors (Lipinski definition) is 0. The molecule has 0 aliphatic carbocycles. The van der Waals surface area contributed by atoms with E-state index in [1.54, 1.807) is 4.90 Å². The first-order valence-electron chi connectivity index (χ1n) is 8.70. The highest BCUT2D eigenvalue weighted by Gasteiger charge is 2.43. The number of carbonyl (C=O) groups excluding carboxylic acids is 1. The van der Waals surface area contributed by atoms with Crippen molar-refractivity contribution in [2.45, 2.75) is 65.3 Å². The number of hydrogen-bond acceptors (Lipinski definition) is 3. The third-order valence-corrected chi connectivity index (χ3v) is 4.78. The molecular formula is C19H28BrNO3. The lowest BCUT2D eigenvalue weighted by Gasteiger charge is -2.39. The predicted molar refractivity (Wildman–Crippen MR) is 99.0 cm³/mol. The number of nitrogens with zero attached hydrogens (tertiary/aromatic N) is 1. The van der Waals surface area contributed by atoms with Crippen molar-refractivity contribution < 1.29 is 14.3 Å². The van der Waals surface area contributed by atoms with Crippen LogP contribution in [0.3, 0.4) is 0 Å². The Balaban J connectivity index is 0.00000100. The average molecular weight is 398 g/mol. The van der Waals surface area contributed by atoms with Gasteiger partial charge in [-0.25, -0.2) is 4.79 Å². The van der Waals surface area contributed by atoms with Crippen LogP contribution in [-0.4, -0.2) is 29.7 Å². The van der Waals surface area contributed by atoms with E-state index in [2.05, 4.69) is 34.1 Å². The SMILES string of the molecule is CC.CC(C)(C)OC(=O)N1CCC2(CC1)OCc1ccc(Br)cc12. The molecule has 0 unspecified atom stereocenters. The van der Waals surface area contributed by atoms with Crippen molar-refractivity contribution in [3.8, 4) is 0 Å². The molecular weight excluding hydrogens is 370 g/mol. The van der Waals surface area contributed by atoms with E-state index in [-0.39, 0.29) is 11.7 Å². The molecule has 2 heterocycles. The van der Waals surface area contributed by atoms with Crippen molar-refractivity contribution in [2.75, 3.05) is 13.1 Å². The molecule has 134 valence electrons. The van der Waals surface area contributed by atoms with Crippen molar-refractivity contribution in [3.63, 3.8) is 0 Å². The van der Waals surface area contributed by atoms with E-state index in [0.717, 1.165) is 17.3 Å². The van der Waals surface area contributed by atoms with Crippen molar-refractivity contribution in [1.82, 2.24) is 4.90 Å². The fourth-order valence-electron chi connectivity index (χ4n) is 3.18. The summed E-state index contributed by atoms with van der Waals surface area (Å²) in [4.78, 5) is 14.0. The van der Waals surface area contributed by atoms with Crippen LogP contribution in [0.2, 0.25) is 0 Å². The molecule has 1 spiro atoms. The van der Waals surface area contributed by atoms with E-state index in [9.17, 15) is 4.79 Å². The number of likely N-dealkylation sites (tertiary alicyclic amines) is 1. The van der Waals surface area contributed by atoms with Crippen LogP contribution in [0, 0.1) is 0 Å². The molecule has 0 saturated carbocycles.